The first-order valence-corrected chi connectivity index (χ1v) is 14.1. The normalized spacial score (nSPS) is 19.3. The van der Waals surface area contributed by atoms with Crippen LogP contribution in [0, 0.1) is 11.8 Å². The molecule has 0 bridgehead atoms. The van der Waals surface area contributed by atoms with Gasteiger partial charge in [-0.2, -0.15) is 0 Å². The topological polar surface area (TPSA) is 97.3 Å². The van der Waals surface area contributed by atoms with Crippen molar-refractivity contribution in [1.82, 2.24) is 10.2 Å². The van der Waals surface area contributed by atoms with Gasteiger partial charge in [-0.3, -0.25) is 9.59 Å². The second-order valence-electron chi connectivity index (χ2n) is 10.9. The molecular formula is C31H42N2O6. The fourth-order valence-electron chi connectivity index (χ4n) is 5.11. The molecule has 2 aliphatic rings. The van der Waals surface area contributed by atoms with Gasteiger partial charge in [-0.25, -0.2) is 0 Å². The van der Waals surface area contributed by atoms with E-state index in [1.54, 1.807) is 37.4 Å². The van der Waals surface area contributed by atoms with Gasteiger partial charge >= 0.3 is 0 Å². The lowest BCUT2D eigenvalue weighted by molar-refractivity contribution is -0.123. The molecule has 0 saturated heterocycles. The highest BCUT2D eigenvalue weighted by molar-refractivity contribution is 5.96. The number of amides is 1. The Hall–Kier alpha value is -3.10. The number of nitrogens with zero attached hydrogens (tertiary/aromatic N) is 1. The first kappa shape index (κ1) is 28.9. The van der Waals surface area contributed by atoms with Crippen molar-refractivity contribution in [2.75, 3.05) is 40.5 Å². The molecule has 8 heteroatoms. The van der Waals surface area contributed by atoms with Crippen molar-refractivity contribution < 1.29 is 28.9 Å². The molecule has 2 unspecified atom stereocenters. The maximum absolute atomic E-state index is 12.9. The van der Waals surface area contributed by atoms with E-state index in [-0.39, 0.29) is 11.7 Å². The number of carbonyl (C=O) groups is 2. The lowest BCUT2D eigenvalue weighted by atomic mass is 10.00. The molecule has 0 spiro atoms. The smallest absolute Gasteiger partial charge is 0.220 e. The van der Waals surface area contributed by atoms with Crippen LogP contribution in [0.1, 0.15) is 67.5 Å². The Morgan fingerprint density at radius 1 is 1.05 bits per heavy atom. The summed E-state index contributed by atoms with van der Waals surface area (Å²) in [6.45, 7) is 4.73. The number of fused-ring (bicyclic) bond motifs is 1. The van der Waals surface area contributed by atoms with Crippen LogP contribution in [-0.4, -0.2) is 68.2 Å². The molecular weight excluding hydrogens is 496 g/mol. The molecule has 2 aromatic carbocycles. The SMILES string of the molecule is COc1ccc(C(=O)CCCCCC(=O)N[C@H](CN(C)CC2CC2C)[C@H](O)c2ccc3c(c2)OCCO3)cc1. The van der Waals surface area contributed by atoms with Crippen molar-refractivity contribution in [3.8, 4) is 17.2 Å². The molecule has 2 aromatic rings. The number of Topliss-reactive ketones (excluding diaryl/α,β-unsaturated/α-hetero) is 1. The number of unbranched alkanes of at least 4 members (excludes halogenated alkanes) is 2. The molecule has 212 valence electrons. The number of hydrogen-bond donors (Lipinski definition) is 2. The monoisotopic (exact) mass is 538 g/mol. The van der Waals surface area contributed by atoms with Gasteiger partial charge in [0.05, 0.1) is 13.2 Å². The van der Waals surface area contributed by atoms with Gasteiger partial charge in [0.2, 0.25) is 5.91 Å². The number of benzene rings is 2. The second kappa shape index (κ2) is 13.8. The number of ketones is 1. The summed E-state index contributed by atoms with van der Waals surface area (Å²) in [6, 6.07) is 12.1. The molecule has 1 amide bonds. The third-order valence-corrected chi connectivity index (χ3v) is 7.69. The summed E-state index contributed by atoms with van der Waals surface area (Å²) in [7, 11) is 3.64. The number of nitrogens with one attached hydrogen (secondary N) is 1. The van der Waals surface area contributed by atoms with Crippen LogP contribution >= 0.6 is 0 Å². The Kier molecular flexibility index (Phi) is 10.2. The summed E-state index contributed by atoms with van der Waals surface area (Å²) in [5.41, 5.74) is 1.36. The second-order valence-corrected chi connectivity index (χ2v) is 10.9. The lowest BCUT2D eigenvalue weighted by Gasteiger charge is -2.30. The quantitative estimate of drug-likeness (QED) is 0.256. The van der Waals surface area contributed by atoms with Gasteiger partial charge in [0.1, 0.15) is 25.1 Å². The fourth-order valence-corrected chi connectivity index (χ4v) is 5.11. The van der Waals surface area contributed by atoms with E-state index >= 15 is 0 Å². The summed E-state index contributed by atoms with van der Waals surface area (Å²) < 4.78 is 16.4. The van der Waals surface area contributed by atoms with Crippen molar-refractivity contribution in [3.63, 3.8) is 0 Å². The minimum absolute atomic E-state index is 0.0914. The summed E-state index contributed by atoms with van der Waals surface area (Å²) in [4.78, 5) is 27.5. The highest BCUT2D eigenvalue weighted by Gasteiger charge is 2.34. The maximum atomic E-state index is 12.9. The molecule has 0 radical (unpaired) electrons. The number of aliphatic hydroxyl groups excluding tert-OH is 1. The molecule has 1 heterocycles. The van der Waals surface area contributed by atoms with E-state index < -0.39 is 12.1 Å². The van der Waals surface area contributed by atoms with Crippen LogP contribution in [0.2, 0.25) is 0 Å². The van der Waals surface area contributed by atoms with Crippen LogP contribution in [0.4, 0.5) is 0 Å². The van der Waals surface area contributed by atoms with Gasteiger partial charge in [-0.15, -0.1) is 0 Å². The number of aliphatic hydroxyl groups is 1. The predicted octanol–water partition coefficient (Wildman–Crippen LogP) is 4.41. The van der Waals surface area contributed by atoms with Gasteiger partial charge in [0, 0.05) is 31.5 Å². The molecule has 1 aliphatic heterocycles. The van der Waals surface area contributed by atoms with E-state index in [1.165, 1.54) is 6.42 Å². The number of hydrogen-bond acceptors (Lipinski definition) is 7. The number of likely N-dealkylation sites (N-methyl/N-ethyl adjacent to an activating group) is 1. The van der Waals surface area contributed by atoms with Crippen LogP contribution < -0.4 is 19.5 Å². The molecule has 1 fully saturated rings. The molecule has 4 atom stereocenters. The molecule has 39 heavy (non-hydrogen) atoms. The standard InChI is InChI=1S/C31H42N2O6/c1-21-17-24(21)19-33(2)20-26(31(36)23-11-14-28-29(18-23)39-16-15-38-28)32-30(35)8-6-4-5-7-27(34)22-9-12-25(37-3)13-10-22/h9-14,18,21,24,26,31,36H,4-8,15-17,19-20H2,1-3H3,(H,32,35)/t21?,24?,26-,31-/m1/s1. The number of rotatable bonds is 15. The number of carbonyl (C=O) groups excluding carboxylic acids is 2. The number of methoxy groups -OCH3 is 1. The van der Waals surface area contributed by atoms with Crippen LogP contribution in [-0.2, 0) is 4.79 Å². The summed E-state index contributed by atoms with van der Waals surface area (Å²) in [6.07, 6.45) is 3.34. The first-order chi connectivity index (χ1) is 18.8. The molecule has 8 nitrogen and oxygen atoms in total. The van der Waals surface area contributed by atoms with Crippen molar-refractivity contribution in [2.24, 2.45) is 11.8 Å². The zero-order valence-electron chi connectivity index (χ0n) is 23.4. The van der Waals surface area contributed by atoms with Crippen LogP contribution in [0.25, 0.3) is 0 Å². The van der Waals surface area contributed by atoms with Crippen molar-refractivity contribution in [3.05, 3.63) is 53.6 Å². The zero-order valence-corrected chi connectivity index (χ0v) is 23.4. The van der Waals surface area contributed by atoms with Gasteiger partial charge in [-0.05, 0) is 80.1 Å². The average Bonchev–Trinajstić information content (AvgIpc) is 3.65. The van der Waals surface area contributed by atoms with Crippen LogP contribution in [0.3, 0.4) is 0 Å². The van der Waals surface area contributed by atoms with Gasteiger partial charge in [0.15, 0.2) is 17.3 Å². The largest absolute Gasteiger partial charge is 0.497 e. The average molecular weight is 539 g/mol. The van der Waals surface area contributed by atoms with Crippen molar-refractivity contribution in [2.45, 2.75) is 57.6 Å². The highest BCUT2D eigenvalue weighted by Crippen LogP contribution is 2.38. The first-order valence-electron chi connectivity index (χ1n) is 14.1. The molecule has 1 saturated carbocycles. The number of ether oxygens (including phenoxy) is 3. The zero-order chi connectivity index (χ0) is 27.8. The predicted molar refractivity (Wildman–Crippen MR) is 149 cm³/mol. The van der Waals surface area contributed by atoms with E-state index in [1.807, 2.05) is 19.2 Å². The summed E-state index contributed by atoms with van der Waals surface area (Å²) in [5.74, 6) is 3.43. The van der Waals surface area contributed by atoms with E-state index in [2.05, 4.69) is 17.1 Å². The Morgan fingerprint density at radius 3 is 2.44 bits per heavy atom. The van der Waals surface area contributed by atoms with Crippen molar-refractivity contribution >= 4 is 11.7 Å². The van der Waals surface area contributed by atoms with Crippen molar-refractivity contribution in [1.29, 1.82) is 0 Å². The fraction of sp³-hybridized carbons (Fsp3) is 0.548. The molecule has 2 N–H and O–H groups in total. The Bertz CT molecular complexity index is 1100. The maximum Gasteiger partial charge on any atom is 0.220 e. The Labute approximate surface area is 231 Å². The van der Waals surface area contributed by atoms with E-state index in [4.69, 9.17) is 14.2 Å². The minimum atomic E-state index is -0.883. The van der Waals surface area contributed by atoms with E-state index in [0.29, 0.717) is 67.6 Å². The van der Waals surface area contributed by atoms with Crippen LogP contribution in [0.15, 0.2) is 42.5 Å². The molecule has 4 rings (SSSR count). The summed E-state index contributed by atoms with van der Waals surface area (Å²) in [5, 5.41) is 14.4. The van der Waals surface area contributed by atoms with E-state index in [0.717, 1.165) is 31.1 Å². The summed E-state index contributed by atoms with van der Waals surface area (Å²) >= 11 is 0. The van der Waals surface area contributed by atoms with Gasteiger partial charge in [-0.1, -0.05) is 19.4 Å². The lowest BCUT2D eigenvalue weighted by Crippen LogP contribution is -2.46. The minimum Gasteiger partial charge on any atom is -0.497 e. The molecule has 1 aliphatic carbocycles. The third-order valence-electron chi connectivity index (χ3n) is 7.69. The van der Waals surface area contributed by atoms with Crippen LogP contribution in [0.5, 0.6) is 17.2 Å². The molecule has 0 aromatic heterocycles. The third kappa shape index (κ3) is 8.44. The Morgan fingerprint density at radius 2 is 1.74 bits per heavy atom. The van der Waals surface area contributed by atoms with Gasteiger partial charge in [0.25, 0.3) is 0 Å². The highest BCUT2D eigenvalue weighted by atomic mass is 16.6. The Balaban J connectivity index is 1.27. The van der Waals surface area contributed by atoms with E-state index in [9.17, 15) is 14.7 Å². The van der Waals surface area contributed by atoms with Gasteiger partial charge < -0.3 is 29.5 Å².